The number of ether oxygens (including phenoxy) is 4. The highest BCUT2D eigenvalue weighted by atomic mass is 16.7. The highest BCUT2D eigenvalue weighted by molar-refractivity contribution is 5.71. The molecule has 0 aliphatic heterocycles. The Bertz CT molecular complexity index is 1810. The van der Waals surface area contributed by atoms with Crippen molar-refractivity contribution in [3.05, 3.63) is 122 Å². The fourth-order valence-corrected chi connectivity index (χ4v) is 9.48. The van der Waals surface area contributed by atoms with Crippen LogP contribution in [0.15, 0.2) is 122 Å². The Morgan fingerprint density at radius 2 is 0.635 bits per heavy atom. The Labute approximate surface area is 523 Å². The van der Waals surface area contributed by atoms with Crippen LogP contribution in [0.3, 0.4) is 0 Å². The van der Waals surface area contributed by atoms with Crippen molar-refractivity contribution in [2.75, 3.05) is 47.5 Å². The van der Waals surface area contributed by atoms with E-state index in [-0.39, 0.29) is 32.2 Å². The summed E-state index contributed by atoms with van der Waals surface area (Å²) in [6.45, 7) is 4.67. The van der Waals surface area contributed by atoms with E-state index >= 15 is 0 Å². The van der Waals surface area contributed by atoms with Gasteiger partial charge in [0.15, 0.2) is 6.10 Å². The van der Waals surface area contributed by atoms with Gasteiger partial charge in [-0.2, -0.15) is 0 Å². The van der Waals surface area contributed by atoms with Gasteiger partial charge in [0.05, 0.1) is 34.4 Å². The first-order valence-corrected chi connectivity index (χ1v) is 34.7. The zero-order chi connectivity index (χ0) is 61.9. The molecule has 9 heteroatoms. The number of carbonyl (C=O) groups excluding carboxylic acids is 2. The SMILES string of the molecule is CC/C=C\C/C=C\C/C=C\C/C=C\C/C=C\C/C=C\CCCCCCCCCCCCCCCCC(=O)OC(COC(=O)CCCCCCCCCCCCCCCC/C=C\C/C=C\C/C=C\C/C=C\CC)COC(OCC[N+](C)(C)C)C(=O)O. The maximum atomic E-state index is 13.0. The molecule has 1 N–H and O–H groups in total. The molecule has 0 aromatic carbocycles. The summed E-state index contributed by atoms with van der Waals surface area (Å²) in [6.07, 6.45) is 90.2. The number of hydrogen-bond acceptors (Lipinski definition) is 7. The van der Waals surface area contributed by atoms with Crippen molar-refractivity contribution in [2.45, 2.75) is 296 Å². The standard InChI is InChI=1S/C76H129NO8/c1-6-8-10-12-14-16-18-20-22-24-26-28-30-32-34-35-36-37-38-39-41-43-45-47-49-51-53-55-57-59-61-63-65-67-74(79)85-72(71-84-76(75(80)81)82-69-68-77(3,4)5)70-83-73(78)66-64-62-60-58-56-54-52-50-48-46-44-42-40-33-31-29-27-25-23-21-19-17-15-13-11-9-7-2/h8-11,14-17,20-23,26-29,32,34,36-37,72,76H,6-7,12-13,18-19,24-25,30-31,33,35,38-71H2,1-5H3/p+1/b10-8-,11-9-,16-14-,17-15-,22-20-,23-21-,28-26-,29-27-,34-32-,37-36-. The highest BCUT2D eigenvalue weighted by Crippen LogP contribution is 2.17. The first-order chi connectivity index (χ1) is 41.6. The van der Waals surface area contributed by atoms with Crippen molar-refractivity contribution in [3.63, 3.8) is 0 Å². The van der Waals surface area contributed by atoms with Gasteiger partial charge in [0.2, 0.25) is 0 Å². The van der Waals surface area contributed by atoms with Gasteiger partial charge in [-0.05, 0) is 103 Å². The Morgan fingerprint density at radius 1 is 0.353 bits per heavy atom. The van der Waals surface area contributed by atoms with Crippen LogP contribution in [-0.2, 0) is 33.3 Å². The van der Waals surface area contributed by atoms with Crippen LogP contribution in [0.1, 0.15) is 284 Å². The predicted molar refractivity (Wildman–Crippen MR) is 364 cm³/mol. The lowest BCUT2D eigenvalue weighted by Gasteiger charge is -2.25. The van der Waals surface area contributed by atoms with Crippen molar-refractivity contribution in [1.29, 1.82) is 0 Å². The topological polar surface area (TPSA) is 108 Å². The minimum Gasteiger partial charge on any atom is -0.477 e. The largest absolute Gasteiger partial charge is 0.477 e. The molecule has 0 bridgehead atoms. The molecule has 0 aliphatic carbocycles. The van der Waals surface area contributed by atoms with Crippen molar-refractivity contribution in [2.24, 2.45) is 0 Å². The highest BCUT2D eigenvalue weighted by Gasteiger charge is 2.25. The monoisotopic (exact) mass is 1180 g/mol. The second kappa shape index (κ2) is 65.7. The van der Waals surface area contributed by atoms with Gasteiger partial charge in [0.25, 0.3) is 6.29 Å². The fourth-order valence-electron chi connectivity index (χ4n) is 9.48. The molecule has 0 fully saturated rings. The Hall–Kier alpha value is -4.31. The molecule has 85 heavy (non-hydrogen) atoms. The smallest absolute Gasteiger partial charge is 0.361 e. The number of aliphatic carboxylic acids is 1. The molecule has 0 radical (unpaired) electrons. The minimum absolute atomic E-state index is 0.183. The summed E-state index contributed by atoms with van der Waals surface area (Å²) in [5.41, 5.74) is 0. The fraction of sp³-hybridized carbons (Fsp3) is 0.697. The minimum atomic E-state index is -1.52. The van der Waals surface area contributed by atoms with Gasteiger partial charge in [0, 0.05) is 12.8 Å². The first-order valence-electron chi connectivity index (χ1n) is 34.7. The third-order valence-electron chi connectivity index (χ3n) is 14.7. The molecule has 0 aromatic rings. The number of quaternary nitrogens is 1. The maximum Gasteiger partial charge on any atom is 0.361 e. The number of allylic oxidation sites excluding steroid dienone is 20. The molecule has 0 aliphatic rings. The molecule has 0 saturated carbocycles. The molecular weight excluding hydrogens is 1050 g/mol. The maximum absolute atomic E-state index is 13.0. The Morgan fingerprint density at radius 3 is 0.941 bits per heavy atom. The quantitative estimate of drug-likeness (QED) is 0.0211. The summed E-state index contributed by atoms with van der Waals surface area (Å²) in [7, 11) is 5.98. The summed E-state index contributed by atoms with van der Waals surface area (Å²) >= 11 is 0. The van der Waals surface area contributed by atoms with Crippen LogP contribution >= 0.6 is 0 Å². The summed E-state index contributed by atoms with van der Waals surface area (Å²) < 4.78 is 23.0. The second-order valence-corrected chi connectivity index (χ2v) is 24.1. The zero-order valence-corrected chi connectivity index (χ0v) is 55.5. The van der Waals surface area contributed by atoms with Gasteiger partial charge >= 0.3 is 17.9 Å². The van der Waals surface area contributed by atoms with Crippen LogP contribution in [0.5, 0.6) is 0 Å². The van der Waals surface area contributed by atoms with Gasteiger partial charge in [-0.3, -0.25) is 9.59 Å². The van der Waals surface area contributed by atoms with Crippen molar-refractivity contribution in [3.8, 4) is 0 Å². The lowest BCUT2D eigenvalue weighted by Crippen LogP contribution is -2.40. The van der Waals surface area contributed by atoms with Gasteiger partial charge < -0.3 is 28.5 Å². The average molecular weight is 1190 g/mol. The number of rotatable bonds is 63. The normalized spacial score (nSPS) is 13.5. The van der Waals surface area contributed by atoms with Crippen LogP contribution in [0.2, 0.25) is 0 Å². The summed E-state index contributed by atoms with van der Waals surface area (Å²) in [5, 5.41) is 9.75. The number of carboxylic acid groups (broad SMARTS) is 1. The molecule has 2 unspecified atom stereocenters. The van der Waals surface area contributed by atoms with Crippen molar-refractivity contribution in [1.82, 2.24) is 0 Å². The van der Waals surface area contributed by atoms with Gasteiger partial charge in [-0.1, -0.05) is 289 Å². The van der Waals surface area contributed by atoms with Crippen LogP contribution < -0.4 is 0 Å². The number of hydrogen-bond donors (Lipinski definition) is 1. The van der Waals surface area contributed by atoms with Crippen LogP contribution in [0.25, 0.3) is 0 Å². The van der Waals surface area contributed by atoms with E-state index in [0.717, 1.165) is 96.3 Å². The van der Waals surface area contributed by atoms with E-state index in [4.69, 9.17) is 18.9 Å². The molecule has 2 atom stereocenters. The number of nitrogens with zero attached hydrogens (tertiary/aromatic N) is 1. The molecule has 0 spiro atoms. The average Bonchev–Trinajstić information content (AvgIpc) is 3.49. The molecule has 0 amide bonds. The van der Waals surface area contributed by atoms with Crippen LogP contribution in [0.4, 0.5) is 0 Å². The summed E-state index contributed by atoms with van der Waals surface area (Å²) in [6, 6.07) is 0. The molecular formula is C76H130NO8+. The van der Waals surface area contributed by atoms with E-state index in [1.807, 2.05) is 21.1 Å². The zero-order valence-electron chi connectivity index (χ0n) is 55.5. The van der Waals surface area contributed by atoms with Crippen LogP contribution in [-0.4, -0.2) is 87.4 Å². The number of unbranched alkanes of at least 4 members (excludes halogenated alkanes) is 28. The molecule has 0 saturated heterocycles. The van der Waals surface area contributed by atoms with E-state index < -0.39 is 24.3 Å². The second-order valence-electron chi connectivity index (χ2n) is 24.1. The summed E-state index contributed by atoms with van der Waals surface area (Å²) in [5.74, 6) is -2.00. The first kappa shape index (κ1) is 80.7. The van der Waals surface area contributed by atoms with E-state index in [2.05, 4.69) is 135 Å². The molecule has 0 heterocycles. The van der Waals surface area contributed by atoms with E-state index in [1.54, 1.807) is 0 Å². The van der Waals surface area contributed by atoms with Gasteiger partial charge in [0.1, 0.15) is 13.2 Å². The number of esters is 2. The third-order valence-corrected chi connectivity index (χ3v) is 14.7. The van der Waals surface area contributed by atoms with Crippen molar-refractivity contribution < 1.29 is 42.9 Å². The van der Waals surface area contributed by atoms with Crippen LogP contribution in [0, 0.1) is 0 Å². The van der Waals surface area contributed by atoms with Gasteiger partial charge in [-0.15, -0.1) is 0 Å². The number of carboxylic acids is 1. The van der Waals surface area contributed by atoms with E-state index in [9.17, 15) is 19.5 Å². The Balaban J connectivity index is 4.13. The Kier molecular flexibility index (Phi) is 62.3. The third kappa shape index (κ3) is 67.1. The van der Waals surface area contributed by atoms with E-state index in [0.29, 0.717) is 23.9 Å². The summed E-state index contributed by atoms with van der Waals surface area (Å²) in [4.78, 5) is 37.6. The molecule has 0 rings (SSSR count). The lowest BCUT2D eigenvalue weighted by atomic mass is 10.0. The number of carbonyl (C=O) groups is 3. The van der Waals surface area contributed by atoms with E-state index in [1.165, 1.54) is 154 Å². The van der Waals surface area contributed by atoms with Crippen molar-refractivity contribution >= 4 is 17.9 Å². The number of likely N-dealkylation sites (N-methyl/N-ethyl adjacent to an activating group) is 1. The van der Waals surface area contributed by atoms with Gasteiger partial charge in [-0.25, -0.2) is 4.79 Å². The molecule has 486 valence electrons. The molecule has 0 aromatic heterocycles. The molecule has 9 nitrogen and oxygen atoms in total. The lowest BCUT2D eigenvalue weighted by molar-refractivity contribution is -0.870. The predicted octanol–water partition coefficient (Wildman–Crippen LogP) is 21.6.